The molecule has 2 N–H and O–H groups in total. The first kappa shape index (κ1) is 24.9. The molecule has 0 aliphatic carbocycles. The summed E-state index contributed by atoms with van der Waals surface area (Å²) in [5, 5.41) is 0.237. The number of carbonyl (C=O) groups excluding carboxylic acids is 1. The Morgan fingerprint density at radius 1 is 0.848 bits per heavy atom. The Morgan fingerprint density at radius 3 is 1.94 bits per heavy atom. The van der Waals surface area contributed by atoms with Gasteiger partial charge in [0.05, 0.1) is 5.56 Å². The predicted octanol–water partition coefficient (Wildman–Crippen LogP) is 8.28. The largest absolute Gasteiger partial charge is 0.416 e. The van der Waals surface area contributed by atoms with Crippen LogP contribution in [0.3, 0.4) is 0 Å². The number of halogens is 3. The van der Waals surface area contributed by atoms with Gasteiger partial charge in [-0.1, -0.05) is 69.0 Å². The van der Waals surface area contributed by atoms with Gasteiger partial charge < -0.3 is 5.73 Å². The Balaban J connectivity index is 1.74. The van der Waals surface area contributed by atoms with E-state index in [1.165, 1.54) is 31.4 Å². The number of primary amides is 1. The molecule has 3 aromatic carbocycles. The van der Waals surface area contributed by atoms with Gasteiger partial charge in [0.25, 0.3) is 0 Å². The van der Waals surface area contributed by atoms with Crippen molar-refractivity contribution in [2.45, 2.75) is 55.3 Å². The minimum Gasteiger partial charge on any atom is -0.366 e. The van der Waals surface area contributed by atoms with Crippen molar-refractivity contribution >= 4 is 17.7 Å². The molecule has 0 bridgehead atoms. The van der Waals surface area contributed by atoms with E-state index in [2.05, 4.69) is 6.92 Å². The molecule has 33 heavy (non-hydrogen) atoms. The minimum absolute atomic E-state index is 0.237. The molecule has 1 amide bonds. The highest BCUT2D eigenvalue weighted by Crippen LogP contribution is 2.40. The Hall–Kier alpha value is -2.73. The first-order chi connectivity index (χ1) is 15.8. The molecule has 0 saturated heterocycles. The summed E-state index contributed by atoms with van der Waals surface area (Å²) in [5.41, 5.74) is 7.98. The standard InChI is InChI=1S/C27H28F3NOS/c1-2-3-4-5-6-25(21-7-9-22(10-8-21)26(31)32)33-24-17-13-20(14-18-24)19-11-15-23(16-12-19)27(28,29)30/h7-18,25H,2-6H2,1H3,(H2,31,32). The van der Waals surface area contributed by atoms with Crippen LogP contribution in [0, 0.1) is 0 Å². The number of carbonyl (C=O) groups is 1. The van der Waals surface area contributed by atoms with Gasteiger partial charge in [-0.25, -0.2) is 0 Å². The third-order valence-corrected chi connectivity index (χ3v) is 6.90. The van der Waals surface area contributed by atoms with Crippen molar-refractivity contribution in [1.29, 1.82) is 0 Å². The summed E-state index contributed by atoms with van der Waals surface area (Å²) in [6.07, 6.45) is 1.37. The third-order valence-electron chi connectivity index (χ3n) is 5.57. The van der Waals surface area contributed by atoms with Crippen molar-refractivity contribution in [2.24, 2.45) is 5.73 Å². The van der Waals surface area contributed by atoms with Crippen molar-refractivity contribution in [3.63, 3.8) is 0 Å². The summed E-state index contributed by atoms with van der Waals surface area (Å²) < 4.78 is 38.4. The molecule has 3 aromatic rings. The van der Waals surface area contributed by atoms with Crippen LogP contribution in [0.5, 0.6) is 0 Å². The molecule has 0 heterocycles. The topological polar surface area (TPSA) is 43.1 Å². The molecule has 0 aliphatic heterocycles. The molecule has 3 rings (SSSR count). The van der Waals surface area contributed by atoms with E-state index < -0.39 is 17.6 Å². The van der Waals surface area contributed by atoms with Gasteiger partial charge in [-0.05, 0) is 59.5 Å². The number of amides is 1. The zero-order valence-corrected chi connectivity index (χ0v) is 19.4. The maximum atomic E-state index is 12.8. The van der Waals surface area contributed by atoms with Crippen molar-refractivity contribution in [1.82, 2.24) is 0 Å². The number of hydrogen-bond donors (Lipinski definition) is 1. The Kier molecular flexibility index (Phi) is 8.61. The second-order valence-electron chi connectivity index (χ2n) is 8.04. The molecule has 0 spiro atoms. The fourth-order valence-electron chi connectivity index (χ4n) is 3.65. The highest BCUT2D eigenvalue weighted by molar-refractivity contribution is 7.99. The first-order valence-electron chi connectivity index (χ1n) is 11.1. The third kappa shape index (κ3) is 7.13. The van der Waals surface area contributed by atoms with E-state index in [-0.39, 0.29) is 5.25 Å². The normalized spacial score (nSPS) is 12.5. The highest BCUT2D eigenvalue weighted by atomic mass is 32.2. The van der Waals surface area contributed by atoms with E-state index in [1.54, 1.807) is 23.9 Å². The van der Waals surface area contributed by atoms with Crippen LogP contribution >= 0.6 is 11.8 Å². The van der Waals surface area contributed by atoms with Gasteiger partial charge in [-0.15, -0.1) is 11.8 Å². The minimum atomic E-state index is -4.33. The van der Waals surface area contributed by atoms with Crippen LogP contribution in [0.25, 0.3) is 11.1 Å². The number of rotatable bonds is 10. The van der Waals surface area contributed by atoms with Crippen LogP contribution in [0.15, 0.2) is 77.7 Å². The van der Waals surface area contributed by atoms with Crippen LogP contribution in [0.2, 0.25) is 0 Å². The predicted molar refractivity (Wildman–Crippen MR) is 129 cm³/mol. The number of unbranched alkanes of at least 4 members (excludes halogenated alkanes) is 3. The van der Waals surface area contributed by atoms with Gasteiger partial charge >= 0.3 is 6.18 Å². The molecule has 2 nitrogen and oxygen atoms in total. The molecule has 1 unspecified atom stereocenters. The lowest BCUT2D eigenvalue weighted by Gasteiger charge is -2.18. The number of thioether (sulfide) groups is 1. The van der Waals surface area contributed by atoms with Crippen LogP contribution in [-0.2, 0) is 6.18 Å². The summed E-state index contributed by atoms with van der Waals surface area (Å²) in [7, 11) is 0. The van der Waals surface area contributed by atoms with E-state index in [0.29, 0.717) is 5.56 Å². The smallest absolute Gasteiger partial charge is 0.366 e. The van der Waals surface area contributed by atoms with Gasteiger partial charge in [-0.3, -0.25) is 4.79 Å². The number of benzene rings is 3. The van der Waals surface area contributed by atoms with Crippen molar-refractivity contribution in [3.8, 4) is 11.1 Å². The molecule has 6 heteroatoms. The van der Waals surface area contributed by atoms with Crippen LogP contribution in [0.1, 0.15) is 65.8 Å². The monoisotopic (exact) mass is 471 g/mol. The molecule has 0 saturated carbocycles. The molecule has 1 atom stereocenters. The van der Waals surface area contributed by atoms with E-state index in [0.717, 1.165) is 46.6 Å². The lowest BCUT2D eigenvalue weighted by molar-refractivity contribution is -0.137. The molecule has 174 valence electrons. The quantitative estimate of drug-likeness (QED) is 0.239. The van der Waals surface area contributed by atoms with Crippen molar-refractivity contribution in [3.05, 3.63) is 89.5 Å². The SMILES string of the molecule is CCCCCCC(Sc1ccc(-c2ccc(C(F)(F)F)cc2)cc1)c1ccc(C(N)=O)cc1. The van der Waals surface area contributed by atoms with Gasteiger partial charge in [-0.2, -0.15) is 13.2 Å². The average molecular weight is 472 g/mol. The lowest BCUT2D eigenvalue weighted by Crippen LogP contribution is -2.10. The number of nitrogens with two attached hydrogens (primary N) is 1. The van der Waals surface area contributed by atoms with E-state index in [4.69, 9.17) is 5.73 Å². The van der Waals surface area contributed by atoms with Gasteiger partial charge in [0.2, 0.25) is 5.91 Å². The van der Waals surface area contributed by atoms with E-state index in [1.807, 2.05) is 36.4 Å². The fraction of sp³-hybridized carbons (Fsp3) is 0.296. The van der Waals surface area contributed by atoms with E-state index >= 15 is 0 Å². The Labute approximate surface area is 197 Å². The molecule has 0 radical (unpaired) electrons. The fourth-order valence-corrected chi connectivity index (χ4v) is 4.85. The van der Waals surface area contributed by atoms with Crippen molar-refractivity contribution < 1.29 is 18.0 Å². The maximum Gasteiger partial charge on any atom is 0.416 e. The Morgan fingerprint density at radius 2 is 1.42 bits per heavy atom. The lowest BCUT2D eigenvalue weighted by atomic mass is 10.0. The van der Waals surface area contributed by atoms with Gasteiger partial charge in [0.1, 0.15) is 0 Å². The first-order valence-corrected chi connectivity index (χ1v) is 12.0. The van der Waals surface area contributed by atoms with E-state index in [9.17, 15) is 18.0 Å². The summed E-state index contributed by atoms with van der Waals surface area (Å²) in [6, 6.07) is 20.6. The molecule has 0 aliphatic rings. The molecular weight excluding hydrogens is 443 g/mol. The van der Waals surface area contributed by atoms with Crippen LogP contribution < -0.4 is 5.73 Å². The summed E-state index contributed by atoms with van der Waals surface area (Å²) in [4.78, 5) is 12.5. The average Bonchev–Trinajstić information content (AvgIpc) is 2.81. The van der Waals surface area contributed by atoms with Crippen LogP contribution in [0.4, 0.5) is 13.2 Å². The zero-order chi connectivity index (χ0) is 23.8. The number of alkyl halides is 3. The van der Waals surface area contributed by atoms with Gasteiger partial charge in [0, 0.05) is 15.7 Å². The zero-order valence-electron chi connectivity index (χ0n) is 18.6. The highest BCUT2D eigenvalue weighted by Gasteiger charge is 2.29. The second kappa shape index (κ2) is 11.4. The molecular formula is C27H28F3NOS. The summed E-state index contributed by atoms with van der Waals surface area (Å²) in [5.74, 6) is -0.437. The molecule has 0 aromatic heterocycles. The Bertz CT molecular complexity index is 1030. The summed E-state index contributed by atoms with van der Waals surface area (Å²) >= 11 is 1.76. The maximum absolute atomic E-state index is 12.8. The number of hydrogen-bond acceptors (Lipinski definition) is 2. The van der Waals surface area contributed by atoms with Crippen LogP contribution in [-0.4, -0.2) is 5.91 Å². The summed E-state index contributed by atoms with van der Waals surface area (Å²) in [6.45, 7) is 2.19. The second-order valence-corrected chi connectivity index (χ2v) is 9.32. The van der Waals surface area contributed by atoms with Crippen molar-refractivity contribution in [2.75, 3.05) is 0 Å². The molecule has 0 fully saturated rings. The van der Waals surface area contributed by atoms with Gasteiger partial charge in [0.15, 0.2) is 0 Å².